The average molecular weight is 645 g/mol. The van der Waals surface area contributed by atoms with E-state index >= 15 is 0 Å². The Labute approximate surface area is 270 Å². The van der Waals surface area contributed by atoms with E-state index in [2.05, 4.69) is 4.90 Å². The predicted octanol–water partition coefficient (Wildman–Crippen LogP) is 5.62. The second-order valence-electron chi connectivity index (χ2n) is 13.4. The number of anilines is 1. The summed E-state index contributed by atoms with van der Waals surface area (Å²) in [5.41, 5.74) is -0.0139. The molecule has 0 amide bonds. The highest BCUT2D eigenvalue weighted by Crippen LogP contribution is 2.66. The third-order valence-electron chi connectivity index (χ3n) is 11.1. The van der Waals surface area contributed by atoms with Crippen molar-refractivity contribution in [3.8, 4) is 0 Å². The van der Waals surface area contributed by atoms with Crippen LogP contribution in [0.5, 0.6) is 0 Å². The first-order chi connectivity index (χ1) is 21.0. The van der Waals surface area contributed by atoms with Crippen molar-refractivity contribution in [1.82, 2.24) is 0 Å². The topological polar surface area (TPSA) is 101 Å². The van der Waals surface area contributed by atoms with Crippen LogP contribution in [-0.2, 0) is 30.3 Å². The first-order valence-corrected chi connectivity index (χ1v) is 16.9. The van der Waals surface area contributed by atoms with E-state index < -0.39 is 34.8 Å². The Morgan fingerprint density at radius 2 is 1.77 bits per heavy atom. The molecule has 0 unspecified atom stereocenters. The molecule has 1 aromatic rings. The number of hydrogen-bond donors (Lipinski definition) is 1. The minimum absolute atomic E-state index is 0.0115. The van der Waals surface area contributed by atoms with E-state index in [1.54, 1.807) is 12.2 Å². The Hall–Kier alpha value is -2.48. The SMILES string of the molecule is C[C@]12C=CC(=O)C=C1CC[C@@H]1[C@@H]2C(=O)C[C@@]2(C)[C@H]1CC[C@]2(O)C(=O)COC(=O)CCCc1ccc(N(CCCl)CCCl)cc1. The van der Waals surface area contributed by atoms with Crippen molar-refractivity contribution in [3.63, 3.8) is 0 Å². The van der Waals surface area contributed by atoms with E-state index in [0.29, 0.717) is 44.1 Å². The van der Waals surface area contributed by atoms with Gasteiger partial charge in [0.15, 0.2) is 12.4 Å². The maximum absolute atomic E-state index is 13.8. The molecule has 44 heavy (non-hydrogen) atoms. The lowest BCUT2D eigenvalue weighted by Crippen LogP contribution is -2.60. The van der Waals surface area contributed by atoms with Gasteiger partial charge in [0.25, 0.3) is 0 Å². The van der Waals surface area contributed by atoms with Gasteiger partial charge in [0.2, 0.25) is 5.78 Å². The summed E-state index contributed by atoms with van der Waals surface area (Å²) in [6.07, 6.45) is 8.98. The Balaban J connectivity index is 1.15. The second kappa shape index (κ2) is 13.1. The third-order valence-corrected chi connectivity index (χ3v) is 11.4. The lowest BCUT2D eigenvalue weighted by Gasteiger charge is -2.56. The summed E-state index contributed by atoms with van der Waals surface area (Å²) in [6.45, 7) is 4.83. The molecule has 3 fully saturated rings. The lowest BCUT2D eigenvalue weighted by molar-refractivity contribution is -0.172. The molecule has 0 aliphatic heterocycles. The molecule has 1 aromatic carbocycles. The highest BCUT2D eigenvalue weighted by molar-refractivity contribution is 6.18. The molecule has 9 heteroatoms. The fraction of sp³-hybridized carbons (Fsp3) is 0.600. The van der Waals surface area contributed by atoms with Gasteiger partial charge < -0.3 is 14.7 Å². The first-order valence-electron chi connectivity index (χ1n) is 15.8. The van der Waals surface area contributed by atoms with Gasteiger partial charge >= 0.3 is 5.97 Å². The summed E-state index contributed by atoms with van der Waals surface area (Å²) in [5.74, 6) is -0.253. The number of aliphatic hydroxyl groups is 1. The van der Waals surface area contributed by atoms with Crippen LogP contribution in [0.1, 0.15) is 64.4 Å². The number of nitrogens with zero attached hydrogens (tertiary/aromatic N) is 1. The van der Waals surface area contributed by atoms with E-state index in [1.807, 2.05) is 44.2 Å². The van der Waals surface area contributed by atoms with Gasteiger partial charge in [-0.3, -0.25) is 19.2 Å². The van der Waals surface area contributed by atoms with Gasteiger partial charge in [-0.2, -0.15) is 0 Å². The standard InChI is InChI=1S/C35H43Cl2NO6/c1-33-14-12-26(39)20-24(33)8-11-27-28-13-15-35(43,34(28,2)21-29(40)32(27)33)30(41)22-44-31(42)5-3-4-23-6-9-25(10-7-23)38(18-16-36)19-17-37/h6-7,9-10,12,14,20,27-28,32,43H,3-5,8,11,13,15-19,21-22H2,1-2H3/t27-,28-,32+,33-,34-,35-/m0/s1. The fourth-order valence-electron chi connectivity index (χ4n) is 8.71. The summed E-state index contributed by atoms with van der Waals surface area (Å²) < 4.78 is 5.37. The number of carbonyl (C=O) groups excluding carboxylic acids is 4. The predicted molar refractivity (Wildman–Crippen MR) is 171 cm³/mol. The van der Waals surface area contributed by atoms with Crippen molar-refractivity contribution in [2.45, 2.75) is 70.8 Å². The number of fused-ring (bicyclic) bond motifs is 5. The van der Waals surface area contributed by atoms with Crippen LogP contribution in [0.25, 0.3) is 0 Å². The van der Waals surface area contributed by atoms with Gasteiger partial charge in [-0.05, 0) is 80.2 Å². The number of ketones is 3. The molecule has 4 aliphatic carbocycles. The van der Waals surface area contributed by atoms with Crippen LogP contribution in [-0.4, -0.2) is 65.5 Å². The molecule has 3 saturated carbocycles. The van der Waals surface area contributed by atoms with Crippen LogP contribution in [0.4, 0.5) is 5.69 Å². The maximum Gasteiger partial charge on any atom is 0.306 e. The van der Waals surface area contributed by atoms with E-state index in [-0.39, 0.29) is 48.6 Å². The number of Topliss-reactive ketones (excluding diaryl/α,β-unsaturated/α-hetero) is 2. The minimum Gasteiger partial charge on any atom is -0.458 e. The normalized spacial score (nSPS) is 32.4. The number of esters is 1. The Kier molecular flexibility index (Phi) is 9.79. The molecule has 5 rings (SSSR count). The van der Waals surface area contributed by atoms with E-state index in [9.17, 15) is 24.3 Å². The number of alkyl halides is 2. The number of ether oxygens (including phenoxy) is 1. The third kappa shape index (κ3) is 5.92. The lowest BCUT2D eigenvalue weighted by atomic mass is 9.46. The van der Waals surface area contributed by atoms with Crippen LogP contribution in [0, 0.1) is 28.6 Å². The maximum atomic E-state index is 13.8. The van der Waals surface area contributed by atoms with Crippen molar-refractivity contribution in [1.29, 1.82) is 0 Å². The molecule has 0 spiro atoms. The average Bonchev–Trinajstić information content (AvgIpc) is 3.27. The Morgan fingerprint density at radius 3 is 2.45 bits per heavy atom. The van der Waals surface area contributed by atoms with Crippen LogP contribution < -0.4 is 4.90 Å². The molecular weight excluding hydrogens is 601 g/mol. The number of carbonyl (C=O) groups is 4. The summed E-state index contributed by atoms with van der Waals surface area (Å²) in [5, 5.41) is 11.8. The number of allylic oxidation sites excluding steroid dienone is 4. The molecule has 238 valence electrons. The van der Waals surface area contributed by atoms with Gasteiger partial charge in [0, 0.05) is 60.1 Å². The van der Waals surface area contributed by atoms with Crippen LogP contribution in [0.15, 0.2) is 48.1 Å². The summed E-state index contributed by atoms with van der Waals surface area (Å²) in [6, 6.07) is 8.10. The first kappa shape index (κ1) is 32.9. The van der Waals surface area contributed by atoms with Crippen molar-refractivity contribution in [2.75, 3.05) is 36.4 Å². The zero-order chi connectivity index (χ0) is 31.7. The molecule has 0 heterocycles. The van der Waals surface area contributed by atoms with E-state index in [1.165, 1.54) is 0 Å². The zero-order valence-electron chi connectivity index (χ0n) is 25.7. The summed E-state index contributed by atoms with van der Waals surface area (Å²) >= 11 is 11.8. The van der Waals surface area contributed by atoms with E-state index in [4.69, 9.17) is 27.9 Å². The molecule has 4 aliphatic rings. The Morgan fingerprint density at radius 1 is 1.07 bits per heavy atom. The number of benzene rings is 1. The van der Waals surface area contributed by atoms with Gasteiger partial charge in [-0.1, -0.05) is 37.6 Å². The van der Waals surface area contributed by atoms with Gasteiger partial charge in [-0.15, -0.1) is 23.2 Å². The number of hydrogen-bond acceptors (Lipinski definition) is 7. The van der Waals surface area contributed by atoms with Crippen LogP contribution in [0.2, 0.25) is 0 Å². The highest BCUT2D eigenvalue weighted by Gasteiger charge is 2.68. The molecular formula is C35H43Cl2NO6. The van der Waals surface area contributed by atoms with Gasteiger partial charge in [-0.25, -0.2) is 0 Å². The van der Waals surface area contributed by atoms with Crippen molar-refractivity contribution in [3.05, 3.63) is 53.6 Å². The minimum atomic E-state index is -1.73. The molecule has 0 saturated heterocycles. The Bertz CT molecular complexity index is 1350. The van der Waals surface area contributed by atoms with Gasteiger partial charge in [0.1, 0.15) is 11.4 Å². The monoisotopic (exact) mass is 643 g/mol. The molecule has 0 aromatic heterocycles. The van der Waals surface area contributed by atoms with Crippen molar-refractivity contribution >= 4 is 52.2 Å². The second-order valence-corrected chi connectivity index (χ2v) is 14.2. The molecule has 1 N–H and O–H groups in total. The molecule has 6 atom stereocenters. The molecule has 7 nitrogen and oxygen atoms in total. The molecule has 0 bridgehead atoms. The van der Waals surface area contributed by atoms with Gasteiger partial charge in [0.05, 0.1) is 0 Å². The number of halogens is 2. The number of aryl methyl sites for hydroxylation is 1. The summed E-state index contributed by atoms with van der Waals surface area (Å²) in [4.78, 5) is 54.0. The number of rotatable bonds is 12. The van der Waals surface area contributed by atoms with E-state index in [0.717, 1.165) is 29.7 Å². The summed E-state index contributed by atoms with van der Waals surface area (Å²) in [7, 11) is 0. The van der Waals surface area contributed by atoms with Crippen molar-refractivity contribution in [2.24, 2.45) is 28.6 Å². The highest BCUT2D eigenvalue weighted by atomic mass is 35.5. The largest absolute Gasteiger partial charge is 0.458 e. The molecule has 0 radical (unpaired) electrons. The fourth-order valence-corrected chi connectivity index (χ4v) is 9.12. The quantitative estimate of drug-likeness (QED) is 0.233. The zero-order valence-corrected chi connectivity index (χ0v) is 27.2. The smallest absolute Gasteiger partial charge is 0.306 e. The van der Waals surface area contributed by atoms with Crippen LogP contribution in [0.3, 0.4) is 0 Å². The van der Waals surface area contributed by atoms with Crippen molar-refractivity contribution < 1.29 is 29.0 Å². The van der Waals surface area contributed by atoms with Crippen LogP contribution >= 0.6 is 23.2 Å².